The van der Waals surface area contributed by atoms with Crippen LogP contribution in [-0.4, -0.2) is 21.1 Å². The number of hydrogen-bond donors (Lipinski definition) is 1. The Morgan fingerprint density at radius 2 is 2.31 bits per heavy atom. The van der Waals surface area contributed by atoms with E-state index in [1.165, 1.54) is 23.4 Å². The zero-order valence-electron chi connectivity index (χ0n) is 9.23. The predicted octanol–water partition coefficient (Wildman–Crippen LogP) is 1.87. The Kier molecular flexibility index (Phi) is 1.74. The highest BCUT2D eigenvalue weighted by Crippen LogP contribution is 2.39. The number of nitrogens with zero attached hydrogens (tertiary/aromatic N) is 3. The van der Waals surface area contributed by atoms with E-state index >= 15 is 0 Å². The van der Waals surface area contributed by atoms with Gasteiger partial charge in [0.05, 0.1) is 5.69 Å². The number of rotatable bonds is 1. The van der Waals surface area contributed by atoms with Crippen molar-refractivity contribution in [3.8, 4) is 0 Å². The Balaban J connectivity index is 1.90. The molecule has 0 radical (unpaired) electrons. The fourth-order valence-electron chi connectivity index (χ4n) is 2.40. The summed E-state index contributed by atoms with van der Waals surface area (Å²) in [6, 6.07) is 0.460. The van der Waals surface area contributed by atoms with Gasteiger partial charge in [-0.2, -0.15) is 5.10 Å². The van der Waals surface area contributed by atoms with Crippen LogP contribution in [0.1, 0.15) is 48.1 Å². The van der Waals surface area contributed by atoms with Crippen molar-refractivity contribution in [2.24, 2.45) is 0 Å². The van der Waals surface area contributed by atoms with Crippen LogP contribution >= 0.6 is 11.3 Å². The fourth-order valence-corrected chi connectivity index (χ4v) is 3.54. The number of hydrogen-bond acceptors (Lipinski definition) is 4. The zero-order valence-corrected chi connectivity index (χ0v) is 10.0. The quantitative estimate of drug-likeness (QED) is 0.819. The second kappa shape index (κ2) is 3.05. The van der Waals surface area contributed by atoms with Gasteiger partial charge in [-0.25, -0.2) is 9.50 Å². The van der Waals surface area contributed by atoms with Gasteiger partial charge < -0.3 is 5.32 Å². The van der Waals surface area contributed by atoms with Crippen molar-refractivity contribution < 1.29 is 0 Å². The first-order valence-corrected chi connectivity index (χ1v) is 6.76. The van der Waals surface area contributed by atoms with Gasteiger partial charge in [-0.1, -0.05) is 11.3 Å². The number of fused-ring (bicyclic) bond motifs is 3. The highest BCUT2D eigenvalue weighted by atomic mass is 32.1. The van der Waals surface area contributed by atoms with Gasteiger partial charge in [0.15, 0.2) is 5.82 Å². The van der Waals surface area contributed by atoms with Gasteiger partial charge in [0.2, 0.25) is 4.96 Å². The lowest BCUT2D eigenvalue weighted by Crippen LogP contribution is -2.27. The number of nitrogens with one attached hydrogen (secondary N) is 1. The van der Waals surface area contributed by atoms with Crippen LogP contribution in [0.4, 0.5) is 0 Å². The summed E-state index contributed by atoms with van der Waals surface area (Å²) in [4.78, 5) is 7.16. The Morgan fingerprint density at radius 1 is 1.44 bits per heavy atom. The van der Waals surface area contributed by atoms with E-state index in [-0.39, 0.29) is 0 Å². The van der Waals surface area contributed by atoms with E-state index in [0.29, 0.717) is 12.0 Å². The van der Waals surface area contributed by atoms with E-state index in [4.69, 9.17) is 0 Å². The average molecular weight is 234 g/mol. The highest BCUT2D eigenvalue weighted by Gasteiger charge is 2.30. The van der Waals surface area contributed by atoms with Crippen LogP contribution in [0.2, 0.25) is 0 Å². The molecule has 0 aromatic carbocycles. The van der Waals surface area contributed by atoms with Gasteiger partial charge in [0, 0.05) is 29.8 Å². The lowest BCUT2D eigenvalue weighted by Gasteiger charge is -2.19. The maximum atomic E-state index is 4.67. The average Bonchev–Trinajstić information content (AvgIpc) is 2.94. The van der Waals surface area contributed by atoms with Gasteiger partial charge in [0.1, 0.15) is 0 Å². The fraction of sp³-hybridized carbons (Fsp3) is 0.636. The van der Waals surface area contributed by atoms with Crippen LogP contribution in [0.25, 0.3) is 4.96 Å². The molecule has 3 heterocycles. The van der Waals surface area contributed by atoms with Gasteiger partial charge in [-0.15, -0.1) is 0 Å². The van der Waals surface area contributed by atoms with E-state index in [0.717, 1.165) is 23.8 Å². The van der Waals surface area contributed by atoms with Crippen LogP contribution in [0.15, 0.2) is 0 Å². The van der Waals surface area contributed by atoms with Gasteiger partial charge >= 0.3 is 0 Å². The lowest BCUT2D eigenvalue weighted by atomic mass is 10.1. The smallest absolute Gasteiger partial charge is 0.212 e. The summed E-state index contributed by atoms with van der Waals surface area (Å²) < 4.78 is 2.09. The van der Waals surface area contributed by atoms with E-state index in [2.05, 4.69) is 26.8 Å². The first-order chi connectivity index (χ1) is 7.83. The van der Waals surface area contributed by atoms with Gasteiger partial charge in [0.25, 0.3) is 0 Å². The number of thiazole rings is 1. The normalized spacial score (nSPS) is 24.9. The third-order valence-electron chi connectivity index (χ3n) is 3.48. The molecule has 0 bridgehead atoms. The van der Waals surface area contributed by atoms with Crippen molar-refractivity contribution in [2.45, 2.75) is 38.1 Å². The summed E-state index contributed by atoms with van der Waals surface area (Å²) in [6.45, 7) is 3.27. The van der Waals surface area contributed by atoms with Crippen LogP contribution in [0.5, 0.6) is 0 Å². The predicted molar refractivity (Wildman–Crippen MR) is 63.0 cm³/mol. The van der Waals surface area contributed by atoms with Crippen molar-refractivity contribution in [1.29, 1.82) is 0 Å². The number of aromatic nitrogens is 3. The van der Waals surface area contributed by atoms with Crippen LogP contribution in [-0.2, 0) is 6.42 Å². The molecule has 2 aromatic heterocycles. The molecule has 0 spiro atoms. The third kappa shape index (κ3) is 1.18. The Hall–Kier alpha value is -0.940. The monoisotopic (exact) mass is 234 g/mol. The van der Waals surface area contributed by atoms with Crippen molar-refractivity contribution in [3.63, 3.8) is 0 Å². The minimum Gasteiger partial charge on any atom is -0.309 e. The molecule has 1 N–H and O–H groups in total. The molecule has 1 fully saturated rings. The highest BCUT2D eigenvalue weighted by molar-refractivity contribution is 7.17. The molecule has 4 rings (SSSR count). The minimum atomic E-state index is 0.460. The van der Waals surface area contributed by atoms with Crippen molar-refractivity contribution in [3.05, 3.63) is 16.4 Å². The first-order valence-electron chi connectivity index (χ1n) is 5.94. The molecule has 5 heteroatoms. The first kappa shape index (κ1) is 9.13. The molecule has 2 aliphatic rings. The Morgan fingerprint density at radius 3 is 3.12 bits per heavy atom. The third-order valence-corrected chi connectivity index (χ3v) is 4.74. The zero-order chi connectivity index (χ0) is 10.7. The molecular weight excluding hydrogens is 220 g/mol. The second-order valence-electron chi connectivity index (χ2n) is 4.78. The Bertz CT molecular complexity index is 552. The molecule has 0 amide bonds. The molecule has 1 atom stereocenters. The molecule has 16 heavy (non-hydrogen) atoms. The molecule has 4 nitrogen and oxygen atoms in total. The molecule has 0 saturated heterocycles. The van der Waals surface area contributed by atoms with Crippen LogP contribution < -0.4 is 5.32 Å². The van der Waals surface area contributed by atoms with Crippen molar-refractivity contribution >= 4 is 16.3 Å². The maximum absolute atomic E-state index is 4.67. The second-order valence-corrected chi connectivity index (χ2v) is 5.79. The van der Waals surface area contributed by atoms with E-state index in [9.17, 15) is 0 Å². The van der Waals surface area contributed by atoms with Gasteiger partial charge in [-0.3, -0.25) is 0 Å². The summed E-state index contributed by atoms with van der Waals surface area (Å²) >= 11 is 1.80. The lowest BCUT2D eigenvalue weighted by molar-refractivity contribution is 0.536. The van der Waals surface area contributed by atoms with Crippen molar-refractivity contribution in [2.75, 3.05) is 6.54 Å². The maximum Gasteiger partial charge on any atom is 0.212 e. The molecule has 1 aliphatic carbocycles. The van der Waals surface area contributed by atoms with Crippen LogP contribution in [0, 0.1) is 0 Å². The molecule has 1 unspecified atom stereocenters. The van der Waals surface area contributed by atoms with Crippen molar-refractivity contribution in [1.82, 2.24) is 19.9 Å². The largest absolute Gasteiger partial charge is 0.309 e. The minimum absolute atomic E-state index is 0.460. The molecule has 1 saturated carbocycles. The molecule has 2 aromatic rings. The van der Waals surface area contributed by atoms with E-state index in [1.807, 2.05) is 0 Å². The van der Waals surface area contributed by atoms with E-state index in [1.54, 1.807) is 11.3 Å². The summed E-state index contributed by atoms with van der Waals surface area (Å²) in [6.07, 6.45) is 3.63. The van der Waals surface area contributed by atoms with E-state index < -0.39 is 0 Å². The Labute approximate surface area is 97.7 Å². The standard InChI is InChI=1S/C11H14N4S/c1-6-9-8(4-5-12-6)15-11(16-9)13-10(14-15)7-2-3-7/h6-7,12H,2-5H2,1H3. The summed E-state index contributed by atoms with van der Waals surface area (Å²) in [7, 11) is 0. The molecular formula is C11H14N4S. The van der Waals surface area contributed by atoms with Gasteiger partial charge in [-0.05, 0) is 19.8 Å². The summed E-state index contributed by atoms with van der Waals surface area (Å²) in [5, 5.41) is 8.15. The van der Waals surface area contributed by atoms with Crippen LogP contribution in [0.3, 0.4) is 0 Å². The molecule has 1 aliphatic heterocycles. The SMILES string of the molecule is CC1NCCc2c1sc1nc(C3CC3)nn21. The molecule has 84 valence electrons. The summed E-state index contributed by atoms with van der Waals surface area (Å²) in [5.74, 6) is 1.72. The summed E-state index contributed by atoms with van der Waals surface area (Å²) in [5.41, 5.74) is 1.38. The topological polar surface area (TPSA) is 42.2 Å².